The monoisotopic (exact) mass is 263 g/mol. The molecule has 0 aliphatic heterocycles. The molecule has 0 aliphatic carbocycles. The number of nitrogens with two attached hydrogens (primary N) is 1. The molecule has 2 aromatic rings. The highest BCUT2D eigenvalue weighted by Gasteiger charge is 2.26. The number of ether oxygens (including phenoxy) is 1. The summed E-state index contributed by atoms with van der Waals surface area (Å²) in [6, 6.07) is 6.15. The fourth-order valence-electron chi connectivity index (χ4n) is 1.94. The highest BCUT2D eigenvalue weighted by atomic mass is 28.3. The number of hydrogen-bond donors (Lipinski definition) is 2. The van der Waals surface area contributed by atoms with Gasteiger partial charge in [-0.3, -0.25) is 0 Å². The number of hydrogen-bond acceptors (Lipinski definition) is 3. The second-order valence-corrected chi connectivity index (χ2v) is 11.0. The van der Waals surface area contributed by atoms with Gasteiger partial charge in [-0.15, -0.1) is 0 Å². The zero-order chi connectivity index (χ0) is 13.2. The van der Waals surface area contributed by atoms with E-state index < -0.39 is 8.07 Å². The van der Waals surface area contributed by atoms with E-state index >= 15 is 0 Å². The van der Waals surface area contributed by atoms with Gasteiger partial charge in [-0.1, -0.05) is 25.7 Å². The van der Waals surface area contributed by atoms with Crippen molar-refractivity contribution < 1.29 is 4.74 Å². The molecule has 1 aromatic carbocycles. The highest BCUT2D eigenvalue weighted by Crippen LogP contribution is 2.16. The molecule has 0 amide bonds. The molecule has 2 rings (SSSR count). The van der Waals surface area contributed by atoms with Crippen molar-refractivity contribution in [3.05, 3.63) is 30.1 Å². The maximum absolute atomic E-state index is 5.97. The molecule has 0 saturated heterocycles. The van der Waals surface area contributed by atoms with Gasteiger partial charge >= 0.3 is 0 Å². The van der Waals surface area contributed by atoms with Crippen molar-refractivity contribution in [2.75, 3.05) is 6.54 Å². The van der Waals surface area contributed by atoms with Crippen molar-refractivity contribution in [2.24, 2.45) is 5.73 Å². The summed E-state index contributed by atoms with van der Waals surface area (Å²) in [6.07, 6.45) is 1.71. The van der Waals surface area contributed by atoms with Crippen molar-refractivity contribution >= 4 is 19.1 Å². The van der Waals surface area contributed by atoms with Crippen LogP contribution in [0.15, 0.2) is 24.5 Å². The van der Waals surface area contributed by atoms with Gasteiger partial charge in [0.05, 0.1) is 37.8 Å². The van der Waals surface area contributed by atoms with Gasteiger partial charge in [-0.25, -0.2) is 4.98 Å². The first-order chi connectivity index (χ1) is 8.50. The molecular formula is C13H21N3OSi. The molecule has 1 atom stereocenters. The number of nitrogens with zero attached hydrogens (tertiary/aromatic N) is 1. The first kappa shape index (κ1) is 13.3. The van der Waals surface area contributed by atoms with Crippen LogP contribution in [-0.2, 0) is 11.3 Å². The SMILES string of the molecule is C[Si](C)(C)C(CN)OCc1ccc2nc[nH]c2c1. The summed E-state index contributed by atoms with van der Waals surface area (Å²) in [5.74, 6) is 0. The standard InChI is InChI=1S/C13H21N3OSi/c1-18(2,3)13(7-14)17-8-10-4-5-11-12(6-10)16-9-15-11/h4-6,9,13H,7-8,14H2,1-3H3,(H,15,16). The van der Waals surface area contributed by atoms with Gasteiger partial charge in [0.2, 0.25) is 0 Å². The minimum atomic E-state index is -1.35. The van der Waals surface area contributed by atoms with E-state index in [9.17, 15) is 0 Å². The minimum Gasteiger partial charge on any atom is -0.376 e. The van der Waals surface area contributed by atoms with Crippen LogP contribution in [0.25, 0.3) is 11.0 Å². The lowest BCUT2D eigenvalue weighted by molar-refractivity contribution is 0.0915. The molecule has 0 bridgehead atoms. The zero-order valence-corrected chi connectivity index (χ0v) is 12.2. The quantitative estimate of drug-likeness (QED) is 0.813. The van der Waals surface area contributed by atoms with Crippen LogP contribution in [0.5, 0.6) is 0 Å². The Balaban J connectivity index is 2.05. The normalized spacial score (nSPS) is 14.0. The Morgan fingerprint density at radius 3 is 2.83 bits per heavy atom. The second-order valence-electron chi connectivity index (χ2n) is 5.66. The number of imidazole rings is 1. The molecule has 1 unspecified atom stereocenters. The largest absolute Gasteiger partial charge is 0.376 e. The molecule has 1 aromatic heterocycles. The Hall–Kier alpha value is -1.17. The van der Waals surface area contributed by atoms with E-state index in [1.807, 2.05) is 6.07 Å². The Bertz CT molecular complexity index is 518. The summed E-state index contributed by atoms with van der Waals surface area (Å²) in [5, 5.41) is 0. The Morgan fingerprint density at radius 1 is 1.39 bits per heavy atom. The van der Waals surface area contributed by atoms with Gasteiger partial charge in [-0.05, 0) is 17.7 Å². The summed E-state index contributed by atoms with van der Waals surface area (Å²) in [7, 11) is -1.35. The lowest BCUT2D eigenvalue weighted by atomic mass is 10.2. The number of rotatable bonds is 5. The van der Waals surface area contributed by atoms with Crippen LogP contribution in [0.1, 0.15) is 5.56 Å². The third-order valence-corrected chi connectivity index (χ3v) is 5.45. The molecule has 0 fully saturated rings. The number of aromatic nitrogens is 2. The summed E-state index contributed by atoms with van der Waals surface area (Å²) in [6.45, 7) is 8.05. The minimum absolute atomic E-state index is 0.204. The molecule has 0 spiro atoms. The third kappa shape index (κ3) is 2.98. The first-order valence-corrected chi connectivity index (χ1v) is 9.82. The Labute approximate surface area is 109 Å². The molecule has 0 aliphatic rings. The van der Waals surface area contributed by atoms with E-state index in [4.69, 9.17) is 10.5 Å². The van der Waals surface area contributed by atoms with Crippen molar-refractivity contribution in [3.8, 4) is 0 Å². The van der Waals surface area contributed by atoms with E-state index in [1.54, 1.807) is 6.33 Å². The van der Waals surface area contributed by atoms with Crippen LogP contribution in [0.3, 0.4) is 0 Å². The summed E-state index contributed by atoms with van der Waals surface area (Å²) in [5.41, 5.74) is 9.19. The van der Waals surface area contributed by atoms with E-state index in [0.717, 1.165) is 16.6 Å². The number of nitrogens with one attached hydrogen (secondary N) is 1. The fourth-order valence-corrected chi connectivity index (χ4v) is 3.23. The van der Waals surface area contributed by atoms with Crippen molar-refractivity contribution in [1.82, 2.24) is 9.97 Å². The smallest absolute Gasteiger partial charge is 0.0931 e. The maximum atomic E-state index is 5.97. The molecule has 18 heavy (non-hydrogen) atoms. The summed E-state index contributed by atoms with van der Waals surface area (Å²) >= 11 is 0. The molecule has 4 nitrogen and oxygen atoms in total. The number of aromatic amines is 1. The molecule has 98 valence electrons. The first-order valence-electron chi connectivity index (χ1n) is 6.24. The predicted octanol–water partition coefficient (Wildman–Crippen LogP) is 2.28. The van der Waals surface area contributed by atoms with Gasteiger partial charge in [0.15, 0.2) is 0 Å². The van der Waals surface area contributed by atoms with Crippen LogP contribution in [0.2, 0.25) is 19.6 Å². The highest BCUT2D eigenvalue weighted by molar-refractivity contribution is 6.77. The number of fused-ring (bicyclic) bond motifs is 1. The topological polar surface area (TPSA) is 63.9 Å². The van der Waals surface area contributed by atoms with Gasteiger partial charge in [0.25, 0.3) is 0 Å². The lowest BCUT2D eigenvalue weighted by Gasteiger charge is -2.27. The maximum Gasteiger partial charge on any atom is 0.0931 e. The third-order valence-electron chi connectivity index (χ3n) is 3.12. The average molecular weight is 263 g/mol. The molecule has 0 radical (unpaired) electrons. The Kier molecular flexibility index (Phi) is 3.84. The predicted molar refractivity (Wildman–Crippen MR) is 77.1 cm³/mol. The van der Waals surface area contributed by atoms with Crippen molar-refractivity contribution in [2.45, 2.75) is 32.0 Å². The van der Waals surface area contributed by atoms with Crippen LogP contribution in [0.4, 0.5) is 0 Å². The molecule has 1 heterocycles. The van der Waals surface area contributed by atoms with Gasteiger partial charge in [-0.2, -0.15) is 0 Å². The fraction of sp³-hybridized carbons (Fsp3) is 0.462. The van der Waals surface area contributed by atoms with E-state index in [2.05, 4.69) is 41.7 Å². The van der Waals surface area contributed by atoms with E-state index in [-0.39, 0.29) is 5.73 Å². The van der Waals surface area contributed by atoms with Crippen LogP contribution in [0, 0.1) is 0 Å². The molecular weight excluding hydrogens is 242 g/mol. The average Bonchev–Trinajstić information content (AvgIpc) is 2.75. The second kappa shape index (κ2) is 5.22. The van der Waals surface area contributed by atoms with Crippen LogP contribution in [-0.4, -0.2) is 30.3 Å². The van der Waals surface area contributed by atoms with Crippen molar-refractivity contribution in [1.29, 1.82) is 0 Å². The summed E-state index contributed by atoms with van der Waals surface area (Å²) < 4.78 is 5.97. The zero-order valence-electron chi connectivity index (χ0n) is 11.2. The van der Waals surface area contributed by atoms with Crippen LogP contribution < -0.4 is 5.73 Å². The Morgan fingerprint density at radius 2 is 2.17 bits per heavy atom. The van der Waals surface area contributed by atoms with Gasteiger partial charge in [0.1, 0.15) is 0 Å². The van der Waals surface area contributed by atoms with E-state index in [0.29, 0.717) is 13.2 Å². The number of H-pyrrole nitrogens is 1. The van der Waals surface area contributed by atoms with Gasteiger partial charge < -0.3 is 15.5 Å². The molecule has 0 saturated carbocycles. The number of benzene rings is 1. The van der Waals surface area contributed by atoms with Gasteiger partial charge in [0, 0.05) is 6.54 Å². The molecule has 5 heteroatoms. The summed E-state index contributed by atoms with van der Waals surface area (Å²) in [4.78, 5) is 7.31. The van der Waals surface area contributed by atoms with E-state index in [1.165, 1.54) is 0 Å². The lowest BCUT2D eigenvalue weighted by Crippen LogP contribution is -2.45. The molecule has 3 N–H and O–H groups in total. The van der Waals surface area contributed by atoms with Crippen molar-refractivity contribution in [3.63, 3.8) is 0 Å². The van der Waals surface area contributed by atoms with Crippen LogP contribution >= 0.6 is 0 Å².